The predicted octanol–water partition coefficient (Wildman–Crippen LogP) is 4.26. The molecule has 1 aliphatic rings. The summed E-state index contributed by atoms with van der Waals surface area (Å²) in [5, 5.41) is 11.2. The van der Waals surface area contributed by atoms with Gasteiger partial charge in [0, 0.05) is 41.0 Å². The largest absolute Gasteiger partial charge is 0.349 e. The molecule has 28 heavy (non-hydrogen) atoms. The van der Waals surface area contributed by atoms with Gasteiger partial charge in [-0.05, 0) is 64.7 Å². The first-order valence-electron chi connectivity index (χ1n) is 9.75. The first-order chi connectivity index (χ1) is 13.2. The smallest absolute Gasteiger partial charge is 0.251 e. The topological polar surface area (TPSA) is 59.0 Å². The number of carbonyl (C=O) groups is 1. The summed E-state index contributed by atoms with van der Waals surface area (Å²) >= 11 is 5.83. The Labute approximate surface area is 170 Å². The van der Waals surface area contributed by atoms with Crippen molar-refractivity contribution in [2.75, 3.05) is 0 Å². The number of carbonyl (C=O) groups excluding carboxylic acids is 1. The molecule has 0 aliphatic heterocycles. The summed E-state index contributed by atoms with van der Waals surface area (Å²) < 4.78 is 15.4. The predicted molar refractivity (Wildman–Crippen MR) is 109 cm³/mol. The van der Waals surface area contributed by atoms with E-state index in [4.69, 9.17) is 11.6 Å². The van der Waals surface area contributed by atoms with E-state index in [9.17, 15) is 9.18 Å². The number of aromatic nitrogens is 2. The van der Waals surface area contributed by atoms with Crippen molar-refractivity contribution < 1.29 is 9.18 Å². The van der Waals surface area contributed by atoms with Gasteiger partial charge in [0.25, 0.3) is 5.91 Å². The Morgan fingerprint density at radius 1 is 1.21 bits per heavy atom. The van der Waals surface area contributed by atoms with E-state index in [1.807, 2.05) is 10.9 Å². The minimum Gasteiger partial charge on any atom is -0.349 e. The molecule has 0 bridgehead atoms. The Morgan fingerprint density at radius 3 is 2.50 bits per heavy atom. The molecule has 3 rings (SSSR count). The van der Waals surface area contributed by atoms with Crippen LogP contribution >= 0.6 is 11.6 Å². The molecule has 1 amide bonds. The summed E-state index contributed by atoms with van der Waals surface area (Å²) in [7, 11) is 0. The number of halogens is 2. The Balaban J connectivity index is 1.44. The van der Waals surface area contributed by atoms with Gasteiger partial charge in [0.15, 0.2) is 0 Å². The average Bonchev–Trinajstić information content (AvgIpc) is 3.10. The molecule has 0 radical (unpaired) electrons. The highest BCUT2D eigenvalue weighted by Crippen LogP contribution is 2.21. The van der Waals surface area contributed by atoms with Crippen LogP contribution in [0, 0.1) is 5.82 Å². The number of nitrogens with zero attached hydrogens (tertiary/aromatic N) is 2. The molecule has 1 aromatic carbocycles. The van der Waals surface area contributed by atoms with Crippen LogP contribution in [0.3, 0.4) is 0 Å². The monoisotopic (exact) mass is 406 g/mol. The van der Waals surface area contributed by atoms with E-state index in [1.165, 1.54) is 23.8 Å². The molecular formula is C21H28ClFN4O. The van der Waals surface area contributed by atoms with Crippen LogP contribution in [0.1, 0.15) is 62.4 Å². The maximum absolute atomic E-state index is 13.4. The van der Waals surface area contributed by atoms with Gasteiger partial charge in [-0.25, -0.2) is 4.39 Å². The van der Waals surface area contributed by atoms with Gasteiger partial charge in [-0.1, -0.05) is 11.6 Å². The van der Waals surface area contributed by atoms with Crippen LogP contribution in [-0.2, 0) is 12.1 Å². The zero-order valence-electron chi connectivity index (χ0n) is 16.6. The fourth-order valence-electron chi connectivity index (χ4n) is 3.48. The molecule has 1 heterocycles. The molecule has 1 fully saturated rings. The van der Waals surface area contributed by atoms with Crippen molar-refractivity contribution in [3.63, 3.8) is 0 Å². The molecule has 152 valence electrons. The molecule has 1 saturated carbocycles. The lowest BCUT2D eigenvalue weighted by molar-refractivity contribution is 0.0923. The maximum Gasteiger partial charge on any atom is 0.251 e. The lowest BCUT2D eigenvalue weighted by Gasteiger charge is -2.29. The van der Waals surface area contributed by atoms with Crippen molar-refractivity contribution >= 4 is 17.5 Å². The minimum absolute atomic E-state index is 0.0135. The highest BCUT2D eigenvalue weighted by molar-refractivity contribution is 6.31. The third-order valence-electron chi connectivity index (χ3n) is 5.11. The van der Waals surface area contributed by atoms with Gasteiger partial charge in [0.1, 0.15) is 5.82 Å². The van der Waals surface area contributed by atoms with Crippen LogP contribution in [0.25, 0.3) is 0 Å². The van der Waals surface area contributed by atoms with Crippen molar-refractivity contribution in [2.24, 2.45) is 0 Å². The maximum atomic E-state index is 13.4. The Bertz CT molecular complexity index is 802. The van der Waals surface area contributed by atoms with E-state index in [0.717, 1.165) is 32.2 Å². The normalized spacial score (nSPS) is 20.2. The molecule has 0 unspecified atom stereocenters. The molecule has 0 saturated heterocycles. The number of rotatable bonds is 5. The zero-order valence-corrected chi connectivity index (χ0v) is 17.4. The number of hydrogen-bond donors (Lipinski definition) is 2. The zero-order chi connectivity index (χ0) is 20.3. The first kappa shape index (κ1) is 20.8. The van der Waals surface area contributed by atoms with Gasteiger partial charge in [0.2, 0.25) is 0 Å². The minimum atomic E-state index is -0.500. The molecule has 2 aromatic rings. The van der Waals surface area contributed by atoms with Crippen LogP contribution in [0.5, 0.6) is 0 Å². The molecule has 0 spiro atoms. The highest BCUT2D eigenvalue weighted by Gasteiger charge is 2.23. The fraction of sp³-hybridized carbons (Fsp3) is 0.524. The van der Waals surface area contributed by atoms with Crippen molar-refractivity contribution in [2.45, 2.75) is 70.6 Å². The molecule has 1 aliphatic carbocycles. The van der Waals surface area contributed by atoms with E-state index in [1.54, 1.807) is 0 Å². The van der Waals surface area contributed by atoms with Gasteiger partial charge in [-0.15, -0.1) is 0 Å². The van der Waals surface area contributed by atoms with Crippen molar-refractivity contribution in [1.82, 2.24) is 20.4 Å². The van der Waals surface area contributed by atoms with Gasteiger partial charge < -0.3 is 10.6 Å². The first-order valence-corrected chi connectivity index (χ1v) is 10.1. The summed E-state index contributed by atoms with van der Waals surface area (Å²) in [6, 6.07) is 4.43. The Morgan fingerprint density at radius 2 is 1.89 bits per heavy atom. The van der Waals surface area contributed by atoms with E-state index < -0.39 is 5.82 Å². The number of nitrogens with one attached hydrogen (secondary N) is 2. The summed E-state index contributed by atoms with van der Waals surface area (Å²) in [6.45, 7) is 7.18. The SMILES string of the molecule is CC(C)(C)n1cc(CN[C@H]2CC[C@H](NC(=O)c3cc(F)cc(Cl)c3)CC2)cn1. The average molecular weight is 407 g/mol. The molecule has 5 nitrogen and oxygen atoms in total. The summed E-state index contributed by atoms with van der Waals surface area (Å²) in [4.78, 5) is 12.3. The van der Waals surface area contributed by atoms with Gasteiger partial charge in [-0.2, -0.15) is 5.10 Å². The van der Waals surface area contributed by atoms with E-state index in [-0.39, 0.29) is 28.1 Å². The van der Waals surface area contributed by atoms with E-state index in [2.05, 4.69) is 42.7 Å². The van der Waals surface area contributed by atoms with Gasteiger partial charge in [-0.3, -0.25) is 9.48 Å². The standard InChI is InChI=1S/C21H28ClFN4O/c1-21(2,3)27-13-14(12-25-27)11-24-18-4-6-19(7-5-18)26-20(28)15-8-16(22)10-17(23)9-15/h8-10,12-13,18-19,24H,4-7,11H2,1-3H3,(H,26,28)/t18-,19-. The third-order valence-corrected chi connectivity index (χ3v) is 5.32. The van der Waals surface area contributed by atoms with Crippen LogP contribution in [0.15, 0.2) is 30.6 Å². The second-order valence-corrected chi connectivity index (χ2v) is 8.96. The second kappa shape index (κ2) is 8.62. The second-order valence-electron chi connectivity index (χ2n) is 8.53. The fourth-order valence-corrected chi connectivity index (χ4v) is 3.70. The molecule has 1 aromatic heterocycles. The van der Waals surface area contributed by atoms with E-state index in [0.29, 0.717) is 6.04 Å². The third kappa shape index (κ3) is 5.55. The van der Waals surface area contributed by atoms with Crippen molar-refractivity contribution in [3.05, 3.63) is 52.6 Å². The van der Waals surface area contributed by atoms with Crippen LogP contribution in [0.2, 0.25) is 5.02 Å². The quantitative estimate of drug-likeness (QED) is 0.779. The van der Waals surface area contributed by atoms with Crippen molar-refractivity contribution in [3.8, 4) is 0 Å². The molecule has 2 N–H and O–H groups in total. The molecular weight excluding hydrogens is 379 g/mol. The van der Waals surface area contributed by atoms with Gasteiger partial charge in [0.05, 0.1) is 11.7 Å². The molecule has 7 heteroatoms. The lowest BCUT2D eigenvalue weighted by atomic mass is 9.91. The van der Waals surface area contributed by atoms with Crippen molar-refractivity contribution in [1.29, 1.82) is 0 Å². The summed E-state index contributed by atoms with van der Waals surface area (Å²) in [6.07, 6.45) is 7.77. The van der Waals surface area contributed by atoms with Crippen LogP contribution < -0.4 is 10.6 Å². The van der Waals surface area contributed by atoms with Crippen LogP contribution in [-0.4, -0.2) is 27.8 Å². The summed E-state index contributed by atoms with van der Waals surface area (Å²) in [5.41, 5.74) is 1.43. The van der Waals surface area contributed by atoms with Crippen LogP contribution in [0.4, 0.5) is 4.39 Å². The highest BCUT2D eigenvalue weighted by atomic mass is 35.5. The number of hydrogen-bond acceptors (Lipinski definition) is 3. The summed E-state index contributed by atoms with van der Waals surface area (Å²) in [5.74, 6) is -0.771. The number of amides is 1. The Kier molecular flexibility index (Phi) is 6.40. The van der Waals surface area contributed by atoms with E-state index >= 15 is 0 Å². The van der Waals surface area contributed by atoms with Gasteiger partial charge >= 0.3 is 0 Å². The number of benzene rings is 1. The lowest BCUT2D eigenvalue weighted by Crippen LogP contribution is -2.42. The molecule has 0 atom stereocenters. The Hall–Kier alpha value is -1.92.